The van der Waals surface area contributed by atoms with Gasteiger partial charge in [0.1, 0.15) is 6.61 Å². The van der Waals surface area contributed by atoms with Gasteiger partial charge in [0.15, 0.2) is 23.0 Å². The number of rotatable bonds is 11. The van der Waals surface area contributed by atoms with Crippen molar-refractivity contribution in [1.82, 2.24) is 5.32 Å². The summed E-state index contributed by atoms with van der Waals surface area (Å²) in [6.45, 7) is 5.88. The molecule has 0 amide bonds. The van der Waals surface area contributed by atoms with E-state index < -0.39 is 0 Å². The Hall–Kier alpha value is -1.67. The van der Waals surface area contributed by atoms with Crippen LogP contribution in [-0.4, -0.2) is 33.7 Å². The fourth-order valence-corrected chi connectivity index (χ4v) is 3.48. The third kappa shape index (κ3) is 6.67. The Labute approximate surface area is 186 Å². The second kappa shape index (κ2) is 12.1. The van der Waals surface area contributed by atoms with E-state index in [1.165, 1.54) is 0 Å². The summed E-state index contributed by atoms with van der Waals surface area (Å²) in [6, 6.07) is 9.84. The fourth-order valence-electron chi connectivity index (χ4n) is 2.88. The predicted octanol–water partition coefficient (Wildman–Crippen LogP) is 4.70. The molecule has 0 saturated heterocycles. The van der Waals surface area contributed by atoms with Crippen LogP contribution in [0, 0.1) is 0 Å². The summed E-state index contributed by atoms with van der Waals surface area (Å²) >= 11 is 3.61. The second-order valence-corrected chi connectivity index (χ2v) is 7.17. The summed E-state index contributed by atoms with van der Waals surface area (Å²) in [7, 11) is 1.65. The molecule has 0 aromatic heterocycles. The van der Waals surface area contributed by atoms with Crippen LogP contribution in [0.2, 0.25) is 0 Å². The van der Waals surface area contributed by atoms with Gasteiger partial charge in [-0.3, -0.25) is 0 Å². The second-order valence-electron chi connectivity index (χ2n) is 6.31. The van der Waals surface area contributed by atoms with E-state index in [1.54, 1.807) is 7.11 Å². The Morgan fingerprint density at radius 3 is 2.72 bits per heavy atom. The van der Waals surface area contributed by atoms with Crippen LogP contribution in [0.1, 0.15) is 24.5 Å². The zero-order chi connectivity index (χ0) is 19.8. The van der Waals surface area contributed by atoms with E-state index in [-0.39, 0.29) is 19.2 Å². The normalized spacial score (nSPS) is 11.8. The predicted molar refractivity (Wildman–Crippen MR) is 118 cm³/mol. The van der Waals surface area contributed by atoms with Gasteiger partial charge in [0.2, 0.25) is 6.79 Å². The molecule has 0 atom stereocenters. The molecule has 0 fully saturated rings. The number of benzene rings is 2. The summed E-state index contributed by atoms with van der Waals surface area (Å²) in [5.74, 6) is 2.89. The molecule has 6 nitrogen and oxygen atoms in total. The van der Waals surface area contributed by atoms with Crippen LogP contribution >= 0.6 is 28.3 Å². The van der Waals surface area contributed by atoms with Gasteiger partial charge in [-0.25, -0.2) is 0 Å². The van der Waals surface area contributed by atoms with Gasteiger partial charge in [-0.2, -0.15) is 0 Å². The van der Waals surface area contributed by atoms with Crippen molar-refractivity contribution in [2.75, 3.05) is 33.7 Å². The highest BCUT2D eigenvalue weighted by atomic mass is 79.9. The van der Waals surface area contributed by atoms with Crippen molar-refractivity contribution < 1.29 is 23.7 Å². The first kappa shape index (κ1) is 23.6. The molecule has 8 heteroatoms. The van der Waals surface area contributed by atoms with Crippen LogP contribution in [0.3, 0.4) is 0 Å². The molecule has 1 N–H and O–H groups in total. The summed E-state index contributed by atoms with van der Waals surface area (Å²) in [5.41, 5.74) is 2.12. The molecule has 1 heterocycles. The molecule has 29 heavy (non-hydrogen) atoms. The first-order chi connectivity index (χ1) is 13.7. The summed E-state index contributed by atoms with van der Waals surface area (Å²) in [4.78, 5) is 0. The van der Waals surface area contributed by atoms with E-state index in [0.29, 0.717) is 18.1 Å². The molecule has 0 radical (unpaired) electrons. The van der Waals surface area contributed by atoms with Crippen LogP contribution < -0.4 is 24.3 Å². The molecule has 1 aliphatic rings. The summed E-state index contributed by atoms with van der Waals surface area (Å²) in [6.07, 6.45) is 0.989. The van der Waals surface area contributed by atoms with Gasteiger partial charge >= 0.3 is 0 Å². The lowest BCUT2D eigenvalue weighted by atomic mass is 10.2. The molecule has 0 unspecified atom stereocenters. The molecule has 1 aliphatic heterocycles. The SMILES string of the molecule is CCOCCCNCc1cc(Br)c(OCc2ccc3c(c2)OCO3)c(OC)c1.Cl. The highest BCUT2D eigenvalue weighted by Crippen LogP contribution is 2.38. The first-order valence-corrected chi connectivity index (χ1v) is 10.2. The smallest absolute Gasteiger partial charge is 0.231 e. The Kier molecular flexibility index (Phi) is 9.87. The maximum Gasteiger partial charge on any atom is 0.231 e. The highest BCUT2D eigenvalue weighted by Gasteiger charge is 2.15. The third-order valence-electron chi connectivity index (χ3n) is 4.28. The van der Waals surface area contributed by atoms with E-state index in [1.807, 2.05) is 37.3 Å². The Morgan fingerprint density at radius 2 is 1.93 bits per heavy atom. The Bertz CT molecular complexity index is 790. The van der Waals surface area contributed by atoms with Crippen LogP contribution in [0.15, 0.2) is 34.8 Å². The van der Waals surface area contributed by atoms with Crippen molar-refractivity contribution in [2.24, 2.45) is 0 Å². The number of methoxy groups -OCH3 is 1. The van der Waals surface area contributed by atoms with Gasteiger partial charge in [-0.15, -0.1) is 12.4 Å². The minimum absolute atomic E-state index is 0. The monoisotopic (exact) mass is 487 g/mol. The van der Waals surface area contributed by atoms with E-state index in [2.05, 4.69) is 21.2 Å². The molecule has 0 saturated carbocycles. The van der Waals surface area contributed by atoms with Crippen molar-refractivity contribution in [3.8, 4) is 23.0 Å². The maximum absolute atomic E-state index is 6.02. The van der Waals surface area contributed by atoms with Gasteiger partial charge in [0.05, 0.1) is 11.6 Å². The number of ether oxygens (including phenoxy) is 5. The van der Waals surface area contributed by atoms with Crippen LogP contribution in [-0.2, 0) is 17.9 Å². The van der Waals surface area contributed by atoms with Gasteiger partial charge in [-0.1, -0.05) is 6.07 Å². The topological polar surface area (TPSA) is 58.2 Å². The van der Waals surface area contributed by atoms with Crippen LogP contribution in [0.25, 0.3) is 0 Å². The molecule has 2 aromatic carbocycles. The number of fused-ring (bicyclic) bond motifs is 1. The number of hydrogen-bond acceptors (Lipinski definition) is 6. The Morgan fingerprint density at radius 1 is 1.10 bits per heavy atom. The molecular weight excluding hydrogens is 462 g/mol. The quantitative estimate of drug-likeness (QED) is 0.463. The molecular formula is C21H27BrClNO5. The lowest BCUT2D eigenvalue weighted by Crippen LogP contribution is -2.16. The standard InChI is InChI=1S/C21H26BrNO5.ClH/c1-3-25-8-4-7-23-12-16-9-17(22)21(20(11-16)24-2)26-13-15-5-6-18-19(10-15)28-14-27-18;/h5-6,9-11,23H,3-4,7-8,12-14H2,1-2H3;1H. The fraction of sp³-hybridized carbons (Fsp3) is 0.429. The van der Waals surface area contributed by atoms with Crippen LogP contribution in [0.5, 0.6) is 23.0 Å². The molecule has 2 aromatic rings. The zero-order valence-electron chi connectivity index (χ0n) is 16.7. The lowest BCUT2D eigenvalue weighted by molar-refractivity contribution is 0.144. The molecule has 160 valence electrons. The van der Waals surface area contributed by atoms with Crippen molar-refractivity contribution in [2.45, 2.75) is 26.5 Å². The summed E-state index contributed by atoms with van der Waals surface area (Å²) in [5, 5.41) is 3.42. The van der Waals surface area contributed by atoms with E-state index >= 15 is 0 Å². The van der Waals surface area contributed by atoms with Gasteiger partial charge < -0.3 is 29.0 Å². The molecule has 0 spiro atoms. The van der Waals surface area contributed by atoms with Crippen molar-refractivity contribution in [1.29, 1.82) is 0 Å². The van der Waals surface area contributed by atoms with Gasteiger partial charge in [0.25, 0.3) is 0 Å². The maximum atomic E-state index is 6.02. The summed E-state index contributed by atoms with van der Waals surface area (Å²) < 4.78 is 28.5. The van der Waals surface area contributed by atoms with E-state index in [9.17, 15) is 0 Å². The third-order valence-corrected chi connectivity index (χ3v) is 4.87. The minimum atomic E-state index is 0. The van der Waals surface area contributed by atoms with Gasteiger partial charge in [-0.05, 0) is 71.2 Å². The molecule has 0 aliphatic carbocycles. The van der Waals surface area contributed by atoms with E-state index in [4.69, 9.17) is 23.7 Å². The number of hydrogen-bond donors (Lipinski definition) is 1. The average Bonchev–Trinajstić information content (AvgIpc) is 3.17. The lowest BCUT2D eigenvalue weighted by Gasteiger charge is -2.15. The van der Waals surface area contributed by atoms with Crippen molar-refractivity contribution >= 4 is 28.3 Å². The largest absolute Gasteiger partial charge is 0.493 e. The highest BCUT2D eigenvalue weighted by molar-refractivity contribution is 9.10. The van der Waals surface area contributed by atoms with Crippen molar-refractivity contribution in [3.05, 3.63) is 45.9 Å². The number of nitrogens with one attached hydrogen (secondary N) is 1. The molecule has 0 bridgehead atoms. The number of halogens is 2. The van der Waals surface area contributed by atoms with E-state index in [0.717, 1.165) is 59.8 Å². The average molecular weight is 489 g/mol. The van der Waals surface area contributed by atoms with Crippen LogP contribution in [0.4, 0.5) is 0 Å². The molecule has 3 rings (SSSR count). The first-order valence-electron chi connectivity index (χ1n) is 9.37. The van der Waals surface area contributed by atoms with Crippen molar-refractivity contribution in [3.63, 3.8) is 0 Å². The Balaban J connectivity index is 0.00000300. The van der Waals surface area contributed by atoms with Gasteiger partial charge in [0, 0.05) is 19.8 Å². The zero-order valence-corrected chi connectivity index (χ0v) is 19.1. The minimum Gasteiger partial charge on any atom is -0.493 e.